The first-order valence-electron chi connectivity index (χ1n) is 9.63. The van der Waals surface area contributed by atoms with Gasteiger partial charge in [0, 0.05) is 5.56 Å². The Morgan fingerprint density at radius 3 is 2.44 bits per heavy atom. The molecule has 3 rings (SSSR count). The summed E-state index contributed by atoms with van der Waals surface area (Å²) in [6.45, 7) is 4.24. The second-order valence-corrected chi connectivity index (χ2v) is 9.37. The molecule has 4 heteroatoms. The van der Waals surface area contributed by atoms with Gasteiger partial charge in [-0.15, -0.1) is 0 Å². The Kier molecular flexibility index (Phi) is 5.47. The molecule has 1 aliphatic heterocycles. The third-order valence-electron chi connectivity index (χ3n) is 5.31. The van der Waals surface area contributed by atoms with Crippen LogP contribution in [-0.2, 0) is 9.84 Å². The number of allylic oxidation sites excluding steroid dienone is 2. The lowest BCUT2D eigenvalue weighted by Crippen LogP contribution is -2.35. The predicted molar refractivity (Wildman–Crippen MR) is 104 cm³/mol. The van der Waals surface area contributed by atoms with Crippen LogP contribution in [0.5, 0.6) is 0 Å². The Bertz CT molecular complexity index is 784. The minimum Gasteiger partial charge on any atom is -0.277 e. The number of hydrogen-bond donors (Lipinski definition) is 0. The van der Waals surface area contributed by atoms with Crippen molar-refractivity contribution >= 4 is 15.5 Å². The molecule has 0 unspecified atom stereocenters. The molecule has 0 fully saturated rings. The number of benzene rings is 1. The smallest absolute Gasteiger partial charge is 0.181 e. The summed E-state index contributed by atoms with van der Waals surface area (Å²) in [6.07, 6.45) is 10.3. The molecule has 1 heterocycles. The van der Waals surface area contributed by atoms with Crippen LogP contribution in [-0.4, -0.2) is 25.4 Å². The molecule has 0 amide bonds. The van der Waals surface area contributed by atoms with Gasteiger partial charge in [0.05, 0.1) is 21.9 Å². The minimum atomic E-state index is -3.34. The van der Waals surface area contributed by atoms with Crippen LogP contribution in [0, 0.1) is 0 Å². The van der Waals surface area contributed by atoms with Crippen molar-refractivity contribution in [2.75, 3.05) is 5.75 Å². The summed E-state index contributed by atoms with van der Waals surface area (Å²) in [6, 6.07) is 7.46. The van der Waals surface area contributed by atoms with Gasteiger partial charge in [-0.2, -0.15) is 0 Å². The van der Waals surface area contributed by atoms with Gasteiger partial charge in [0.25, 0.3) is 0 Å². The average molecular weight is 360 g/mol. The van der Waals surface area contributed by atoms with Crippen LogP contribution in [0.2, 0.25) is 0 Å². The molecule has 0 N–H and O–H groups in total. The summed E-state index contributed by atoms with van der Waals surface area (Å²) in [5.74, 6) is 0.134. The summed E-state index contributed by atoms with van der Waals surface area (Å²) in [5.41, 5.74) is 2.50. The van der Waals surface area contributed by atoms with Crippen molar-refractivity contribution in [1.29, 1.82) is 0 Å². The highest BCUT2D eigenvalue weighted by Gasteiger charge is 2.39. The highest BCUT2D eigenvalue weighted by atomic mass is 32.2. The fourth-order valence-electron chi connectivity index (χ4n) is 4.30. The van der Waals surface area contributed by atoms with Crippen molar-refractivity contribution in [1.82, 2.24) is 0 Å². The summed E-state index contributed by atoms with van der Waals surface area (Å²) < 4.78 is 26.4. The normalized spacial score (nSPS) is 21.7. The van der Waals surface area contributed by atoms with Crippen LogP contribution in [0.1, 0.15) is 70.8 Å². The first-order valence-corrected chi connectivity index (χ1v) is 11.3. The Morgan fingerprint density at radius 2 is 1.80 bits per heavy atom. The lowest BCUT2D eigenvalue weighted by atomic mass is 9.88. The van der Waals surface area contributed by atoms with E-state index >= 15 is 0 Å². The zero-order chi connectivity index (χ0) is 17.9. The summed E-state index contributed by atoms with van der Waals surface area (Å²) in [7, 11) is -3.34. The molecule has 1 aliphatic carbocycles. The number of nitrogens with zero attached hydrogens (tertiary/aromatic N) is 1. The van der Waals surface area contributed by atoms with Crippen molar-refractivity contribution in [2.24, 2.45) is 4.99 Å². The van der Waals surface area contributed by atoms with Crippen LogP contribution in [0.25, 0.3) is 0 Å². The largest absolute Gasteiger partial charge is 0.277 e. The van der Waals surface area contributed by atoms with E-state index in [0.29, 0.717) is 4.90 Å². The number of sulfone groups is 1. The van der Waals surface area contributed by atoms with Crippen LogP contribution in [0.3, 0.4) is 0 Å². The number of aliphatic imine (C=N–C) groups is 1. The molecule has 2 aliphatic rings. The first kappa shape index (κ1) is 18.4. The van der Waals surface area contributed by atoms with Gasteiger partial charge in [-0.1, -0.05) is 51.0 Å². The maximum atomic E-state index is 13.2. The topological polar surface area (TPSA) is 46.5 Å². The molecule has 3 nitrogen and oxygen atoms in total. The van der Waals surface area contributed by atoms with E-state index in [1.165, 1.54) is 12.0 Å². The van der Waals surface area contributed by atoms with Crippen molar-refractivity contribution in [2.45, 2.75) is 75.6 Å². The first-order chi connectivity index (χ1) is 12.0. The van der Waals surface area contributed by atoms with Gasteiger partial charge in [0.15, 0.2) is 9.84 Å². The van der Waals surface area contributed by atoms with Gasteiger partial charge in [0.2, 0.25) is 0 Å². The molecule has 0 saturated heterocycles. The van der Waals surface area contributed by atoms with E-state index < -0.39 is 15.4 Å². The zero-order valence-electron chi connectivity index (χ0n) is 15.4. The Balaban J connectivity index is 2.24. The summed E-state index contributed by atoms with van der Waals surface area (Å²) in [5, 5.41) is 0. The van der Waals surface area contributed by atoms with E-state index in [9.17, 15) is 8.42 Å². The van der Waals surface area contributed by atoms with Crippen LogP contribution in [0.15, 0.2) is 45.8 Å². The third kappa shape index (κ3) is 3.74. The number of hydrogen-bond acceptors (Lipinski definition) is 3. The number of fused-ring (bicyclic) bond motifs is 1. The van der Waals surface area contributed by atoms with Gasteiger partial charge in [-0.25, -0.2) is 8.42 Å². The van der Waals surface area contributed by atoms with Crippen molar-refractivity contribution < 1.29 is 8.42 Å². The molecular formula is C21H29NO2S. The molecule has 0 spiro atoms. The fraction of sp³-hybridized carbons (Fsp3) is 0.571. The molecular weight excluding hydrogens is 330 g/mol. The number of rotatable bonds is 5. The van der Waals surface area contributed by atoms with E-state index in [0.717, 1.165) is 56.2 Å². The van der Waals surface area contributed by atoms with Crippen LogP contribution in [0.4, 0.5) is 0 Å². The van der Waals surface area contributed by atoms with E-state index in [2.05, 4.69) is 19.9 Å². The molecule has 0 aromatic heterocycles. The van der Waals surface area contributed by atoms with Gasteiger partial charge in [-0.3, -0.25) is 4.99 Å². The van der Waals surface area contributed by atoms with Crippen molar-refractivity contribution in [3.8, 4) is 0 Å². The highest BCUT2D eigenvalue weighted by molar-refractivity contribution is 7.91. The molecule has 0 radical (unpaired) electrons. The zero-order valence-corrected chi connectivity index (χ0v) is 16.2. The molecule has 1 aromatic carbocycles. The Hall–Kier alpha value is -1.42. The minimum absolute atomic E-state index is 0.134. The van der Waals surface area contributed by atoms with Crippen molar-refractivity contribution in [3.63, 3.8) is 0 Å². The van der Waals surface area contributed by atoms with E-state index in [-0.39, 0.29) is 5.75 Å². The molecule has 0 saturated carbocycles. The monoisotopic (exact) mass is 359 g/mol. The Labute approximate surface area is 152 Å². The molecule has 1 aromatic rings. The summed E-state index contributed by atoms with van der Waals surface area (Å²) >= 11 is 0. The van der Waals surface area contributed by atoms with Crippen LogP contribution < -0.4 is 0 Å². The average Bonchev–Trinajstić information content (AvgIpc) is 2.69. The van der Waals surface area contributed by atoms with Crippen LogP contribution >= 0.6 is 0 Å². The lowest BCUT2D eigenvalue weighted by Gasteiger charge is -2.29. The van der Waals surface area contributed by atoms with E-state index in [4.69, 9.17) is 4.99 Å². The molecule has 0 bridgehead atoms. The quantitative estimate of drug-likeness (QED) is 0.734. The van der Waals surface area contributed by atoms with Gasteiger partial charge in [0.1, 0.15) is 0 Å². The molecule has 0 atom stereocenters. The van der Waals surface area contributed by atoms with E-state index in [1.54, 1.807) is 6.07 Å². The molecule has 136 valence electrons. The lowest BCUT2D eigenvalue weighted by molar-refractivity contribution is 0.396. The SMILES string of the molecule is CCCC1(CCC)CS(=O)(=O)c2ccccc2C(C2=CCCCC2)=N1. The third-order valence-corrected chi connectivity index (χ3v) is 7.25. The standard InChI is InChI=1S/C21H29NO2S/c1-3-14-21(15-4-2)16-25(23,24)19-13-9-8-12-18(19)20(22-21)17-10-6-5-7-11-17/h8-10,12-13H,3-7,11,14-16H2,1-2H3. The maximum absolute atomic E-state index is 13.2. The predicted octanol–water partition coefficient (Wildman–Crippen LogP) is 5.10. The maximum Gasteiger partial charge on any atom is 0.181 e. The van der Waals surface area contributed by atoms with Crippen molar-refractivity contribution in [3.05, 3.63) is 41.5 Å². The van der Waals surface area contributed by atoms with Gasteiger partial charge < -0.3 is 0 Å². The van der Waals surface area contributed by atoms with Gasteiger partial charge in [-0.05, 0) is 50.2 Å². The van der Waals surface area contributed by atoms with Gasteiger partial charge >= 0.3 is 0 Å². The second-order valence-electron chi connectivity index (χ2n) is 7.42. The Morgan fingerprint density at radius 1 is 1.08 bits per heavy atom. The highest BCUT2D eigenvalue weighted by Crippen LogP contribution is 2.37. The fourth-order valence-corrected chi connectivity index (χ4v) is 6.31. The summed E-state index contributed by atoms with van der Waals surface area (Å²) in [4.78, 5) is 5.68. The molecule has 25 heavy (non-hydrogen) atoms. The second kappa shape index (κ2) is 7.45. The van der Waals surface area contributed by atoms with E-state index in [1.807, 2.05) is 18.2 Å².